The molecule has 2 heterocycles. The molecule has 0 unspecified atom stereocenters. The van der Waals surface area contributed by atoms with Gasteiger partial charge in [0, 0.05) is 18.7 Å². The summed E-state index contributed by atoms with van der Waals surface area (Å²) >= 11 is 0. The molecule has 4 rings (SSSR count). The molecule has 0 aliphatic carbocycles. The quantitative estimate of drug-likeness (QED) is 0.294. The van der Waals surface area contributed by atoms with Crippen LogP contribution in [-0.2, 0) is 12.6 Å². The molecule has 0 amide bonds. The third-order valence-electron chi connectivity index (χ3n) is 5.75. The number of methoxy groups -OCH3 is 1. The number of hydrogen-bond donors (Lipinski definition) is 1. The van der Waals surface area contributed by atoms with Gasteiger partial charge in [-0.25, -0.2) is 18.7 Å². The molecule has 0 saturated heterocycles. The molecule has 0 saturated carbocycles. The van der Waals surface area contributed by atoms with Gasteiger partial charge in [-0.05, 0) is 55.2 Å². The monoisotopic (exact) mass is 504 g/mol. The number of alkyl halides is 3. The molecule has 0 fully saturated rings. The minimum Gasteiger partial charge on any atom is -0.481 e. The Hall–Kier alpha value is -4.02. The first-order valence-electron chi connectivity index (χ1n) is 10.8. The van der Waals surface area contributed by atoms with E-state index in [-0.39, 0.29) is 28.5 Å². The van der Waals surface area contributed by atoms with E-state index in [0.29, 0.717) is 24.3 Å². The van der Waals surface area contributed by atoms with Crippen LogP contribution in [0.4, 0.5) is 27.8 Å². The summed E-state index contributed by atoms with van der Waals surface area (Å²) in [6.07, 6.45) is -2.92. The van der Waals surface area contributed by atoms with Gasteiger partial charge in [0.2, 0.25) is 11.8 Å². The van der Waals surface area contributed by atoms with E-state index in [2.05, 4.69) is 20.3 Å². The van der Waals surface area contributed by atoms with Crippen LogP contribution in [0, 0.1) is 25.5 Å². The fourth-order valence-corrected chi connectivity index (χ4v) is 3.70. The highest BCUT2D eigenvalue weighted by molar-refractivity contribution is 5.89. The molecule has 4 aromatic rings. The SMILES string of the molecule is COc1cc(C(F)(F)F)cc(Oc2ccc(CCNc3ncnc4c(F)ccc(F)c34)c(C)c2C)n1. The zero-order valence-electron chi connectivity index (χ0n) is 19.5. The van der Waals surface area contributed by atoms with E-state index in [4.69, 9.17) is 9.47 Å². The molecule has 6 nitrogen and oxygen atoms in total. The van der Waals surface area contributed by atoms with Crippen molar-refractivity contribution in [1.82, 2.24) is 15.0 Å². The average Bonchev–Trinajstić information content (AvgIpc) is 2.85. The van der Waals surface area contributed by atoms with Crippen molar-refractivity contribution < 1.29 is 31.4 Å². The maximum absolute atomic E-state index is 14.3. The standard InChI is InChI=1S/C25H21F5N4O2/c1-13-14(2)19(36-21-11-16(25(28,29)30)10-20(34-21)35-3)7-4-15(13)8-9-31-24-22-17(26)5-6-18(27)23(22)32-12-33-24/h4-7,10-12H,8-9H2,1-3H3,(H,31,32,33). The van der Waals surface area contributed by atoms with Crippen LogP contribution in [0.3, 0.4) is 0 Å². The van der Waals surface area contributed by atoms with Crippen LogP contribution < -0.4 is 14.8 Å². The number of aromatic nitrogens is 3. The summed E-state index contributed by atoms with van der Waals surface area (Å²) in [5.41, 5.74) is 1.45. The lowest BCUT2D eigenvalue weighted by Crippen LogP contribution is -2.09. The number of nitrogens with one attached hydrogen (secondary N) is 1. The van der Waals surface area contributed by atoms with E-state index >= 15 is 0 Å². The molecule has 0 radical (unpaired) electrons. The second-order valence-corrected chi connectivity index (χ2v) is 7.96. The lowest BCUT2D eigenvalue weighted by atomic mass is 10.00. The fourth-order valence-electron chi connectivity index (χ4n) is 3.70. The van der Waals surface area contributed by atoms with Gasteiger partial charge in [0.25, 0.3) is 0 Å². The van der Waals surface area contributed by atoms with Gasteiger partial charge < -0.3 is 14.8 Å². The van der Waals surface area contributed by atoms with E-state index in [1.165, 1.54) is 7.11 Å². The summed E-state index contributed by atoms with van der Waals surface area (Å²) in [5, 5.41) is 2.99. The van der Waals surface area contributed by atoms with Gasteiger partial charge in [-0.2, -0.15) is 18.2 Å². The molecule has 2 aromatic carbocycles. The molecule has 0 aliphatic rings. The Morgan fingerprint density at radius 3 is 2.36 bits per heavy atom. The molecule has 2 aromatic heterocycles. The lowest BCUT2D eigenvalue weighted by Gasteiger charge is -2.16. The molecule has 36 heavy (non-hydrogen) atoms. The average molecular weight is 504 g/mol. The van der Waals surface area contributed by atoms with Crippen LogP contribution in [0.5, 0.6) is 17.5 Å². The van der Waals surface area contributed by atoms with Gasteiger partial charge in [-0.1, -0.05) is 6.07 Å². The number of halogens is 5. The van der Waals surface area contributed by atoms with Crippen molar-refractivity contribution in [2.24, 2.45) is 0 Å². The number of rotatable bonds is 7. The summed E-state index contributed by atoms with van der Waals surface area (Å²) in [7, 11) is 1.22. The maximum atomic E-state index is 14.3. The van der Waals surface area contributed by atoms with Crippen LogP contribution in [0.1, 0.15) is 22.3 Å². The maximum Gasteiger partial charge on any atom is 0.416 e. The Balaban J connectivity index is 1.51. The Kier molecular flexibility index (Phi) is 6.91. The van der Waals surface area contributed by atoms with Crippen LogP contribution in [-0.4, -0.2) is 28.6 Å². The highest BCUT2D eigenvalue weighted by Gasteiger charge is 2.32. The zero-order valence-corrected chi connectivity index (χ0v) is 19.5. The number of fused-ring (bicyclic) bond motifs is 1. The molecular formula is C25H21F5N4O2. The zero-order chi connectivity index (χ0) is 26.0. The van der Waals surface area contributed by atoms with Gasteiger partial charge >= 0.3 is 6.18 Å². The third kappa shape index (κ3) is 5.14. The minimum absolute atomic E-state index is 0.0295. The predicted molar refractivity (Wildman–Crippen MR) is 123 cm³/mol. The Labute approximate surface area is 203 Å². The van der Waals surface area contributed by atoms with Crippen molar-refractivity contribution in [3.63, 3.8) is 0 Å². The second kappa shape index (κ2) is 9.92. The molecule has 11 heteroatoms. The van der Waals surface area contributed by atoms with Crippen molar-refractivity contribution in [3.8, 4) is 17.5 Å². The van der Waals surface area contributed by atoms with E-state index < -0.39 is 23.4 Å². The van der Waals surface area contributed by atoms with Gasteiger partial charge in [-0.15, -0.1) is 0 Å². The van der Waals surface area contributed by atoms with Crippen molar-refractivity contribution in [2.75, 3.05) is 19.0 Å². The topological polar surface area (TPSA) is 69.2 Å². The number of ether oxygens (including phenoxy) is 2. The molecule has 0 bridgehead atoms. The van der Waals surface area contributed by atoms with Gasteiger partial charge in [0.05, 0.1) is 18.1 Å². The first-order valence-corrected chi connectivity index (χ1v) is 10.8. The van der Waals surface area contributed by atoms with Crippen molar-refractivity contribution >= 4 is 16.7 Å². The van der Waals surface area contributed by atoms with Crippen LogP contribution in [0.2, 0.25) is 0 Å². The smallest absolute Gasteiger partial charge is 0.416 e. The number of pyridine rings is 1. The molecule has 188 valence electrons. The summed E-state index contributed by atoms with van der Waals surface area (Å²) in [5.74, 6) is -1.23. The van der Waals surface area contributed by atoms with Crippen molar-refractivity contribution in [1.29, 1.82) is 0 Å². The number of anilines is 1. The first-order chi connectivity index (χ1) is 17.1. The summed E-state index contributed by atoms with van der Waals surface area (Å²) in [4.78, 5) is 11.8. The number of benzene rings is 2. The molecule has 0 aliphatic heterocycles. The highest BCUT2D eigenvalue weighted by atomic mass is 19.4. The van der Waals surface area contributed by atoms with E-state index in [1.54, 1.807) is 19.1 Å². The Morgan fingerprint density at radius 1 is 0.917 bits per heavy atom. The van der Waals surface area contributed by atoms with Crippen LogP contribution in [0.15, 0.2) is 42.7 Å². The van der Waals surface area contributed by atoms with Crippen LogP contribution in [0.25, 0.3) is 10.9 Å². The Morgan fingerprint density at radius 2 is 1.64 bits per heavy atom. The second-order valence-electron chi connectivity index (χ2n) is 7.96. The summed E-state index contributed by atoms with van der Waals surface area (Å²) < 4.78 is 78.4. The third-order valence-corrected chi connectivity index (χ3v) is 5.75. The van der Waals surface area contributed by atoms with E-state index in [9.17, 15) is 22.0 Å². The van der Waals surface area contributed by atoms with E-state index in [0.717, 1.165) is 41.7 Å². The molecule has 0 spiro atoms. The number of hydrogen-bond acceptors (Lipinski definition) is 6. The Bertz CT molecular complexity index is 1430. The minimum atomic E-state index is -4.58. The van der Waals surface area contributed by atoms with E-state index in [1.807, 2.05) is 6.92 Å². The normalized spacial score (nSPS) is 11.6. The molecule has 0 atom stereocenters. The largest absolute Gasteiger partial charge is 0.481 e. The molecule has 1 N–H and O–H groups in total. The molecular weight excluding hydrogens is 483 g/mol. The van der Waals surface area contributed by atoms with Crippen LogP contribution >= 0.6 is 0 Å². The predicted octanol–water partition coefficient (Wildman–Crippen LogP) is 6.39. The highest BCUT2D eigenvalue weighted by Crippen LogP contribution is 2.35. The van der Waals surface area contributed by atoms with Crippen molar-refractivity contribution in [2.45, 2.75) is 26.4 Å². The number of nitrogens with zero attached hydrogens (tertiary/aromatic N) is 3. The van der Waals surface area contributed by atoms with Gasteiger partial charge in [0.15, 0.2) is 0 Å². The summed E-state index contributed by atoms with van der Waals surface area (Å²) in [6.45, 7) is 3.99. The van der Waals surface area contributed by atoms with Gasteiger partial charge in [0.1, 0.15) is 35.0 Å². The summed E-state index contributed by atoms with van der Waals surface area (Å²) in [6, 6.07) is 7.05. The van der Waals surface area contributed by atoms with Crippen molar-refractivity contribution in [3.05, 3.63) is 76.6 Å². The van der Waals surface area contributed by atoms with Gasteiger partial charge in [-0.3, -0.25) is 0 Å². The lowest BCUT2D eigenvalue weighted by molar-refractivity contribution is -0.137. The first kappa shape index (κ1) is 25.1. The fraction of sp³-hybridized carbons (Fsp3) is 0.240.